The highest BCUT2D eigenvalue weighted by Crippen LogP contribution is 2.31. The lowest BCUT2D eigenvalue weighted by atomic mass is 9.87. The van der Waals surface area contributed by atoms with Gasteiger partial charge < -0.3 is 11.1 Å². The first-order chi connectivity index (χ1) is 12.7. The number of amides is 1. The largest absolute Gasteiger partial charge is 0.399 e. The van der Waals surface area contributed by atoms with E-state index in [0.29, 0.717) is 0 Å². The number of fused-ring (bicyclic) bond motifs is 1. The number of carbonyl (C=O) groups is 1. The van der Waals surface area contributed by atoms with Crippen LogP contribution in [0.3, 0.4) is 0 Å². The van der Waals surface area contributed by atoms with Gasteiger partial charge in [0.15, 0.2) is 0 Å². The fourth-order valence-electron chi connectivity index (χ4n) is 4.38. The Balaban J connectivity index is 0.00000140. The second-order valence-electron chi connectivity index (χ2n) is 7.53. The van der Waals surface area contributed by atoms with Gasteiger partial charge in [0.25, 0.3) is 0 Å². The third-order valence-electron chi connectivity index (χ3n) is 5.69. The lowest BCUT2D eigenvalue weighted by molar-refractivity contribution is -0.126. The van der Waals surface area contributed by atoms with Crippen molar-refractivity contribution in [3.63, 3.8) is 0 Å². The summed E-state index contributed by atoms with van der Waals surface area (Å²) < 4.78 is 0. The van der Waals surface area contributed by atoms with Gasteiger partial charge in [-0.1, -0.05) is 36.4 Å². The van der Waals surface area contributed by atoms with E-state index in [2.05, 4.69) is 46.6 Å². The third-order valence-corrected chi connectivity index (χ3v) is 5.69. The van der Waals surface area contributed by atoms with E-state index in [0.717, 1.165) is 50.9 Å². The van der Waals surface area contributed by atoms with Crippen molar-refractivity contribution in [1.29, 1.82) is 0 Å². The van der Waals surface area contributed by atoms with Crippen LogP contribution in [0.4, 0.5) is 5.69 Å². The zero-order valence-electron chi connectivity index (χ0n) is 16.0. The van der Waals surface area contributed by atoms with Gasteiger partial charge in [-0.3, -0.25) is 9.69 Å². The zero-order chi connectivity index (χ0) is 17.9. The Morgan fingerprint density at radius 2 is 1.86 bits per heavy atom. The normalized spacial score (nSPS) is 21.1. The summed E-state index contributed by atoms with van der Waals surface area (Å²) in [7, 11) is 0. The molecule has 0 bridgehead atoms. The van der Waals surface area contributed by atoms with Gasteiger partial charge in [0.2, 0.25) is 5.91 Å². The molecular formula is C22H29Cl2N3O. The van der Waals surface area contributed by atoms with Gasteiger partial charge in [-0.15, -0.1) is 24.8 Å². The fourth-order valence-corrected chi connectivity index (χ4v) is 4.38. The van der Waals surface area contributed by atoms with Gasteiger partial charge in [0, 0.05) is 12.2 Å². The second-order valence-corrected chi connectivity index (χ2v) is 7.53. The summed E-state index contributed by atoms with van der Waals surface area (Å²) in [5.74, 6) is 0.174. The molecule has 4 nitrogen and oxygen atoms in total. The number of aryl methyl sites for hydroxylation is 1. The van der Waals surface area contributed by atoms with Crippen LogP contribution in [-0.2, 0) is 17.8 Å². The number of hydrogen-bond donors (Lipinski definition) is 2. The van der Waals surface area contributed by atoms with E-state index in [1.54, 1.807) is 0 Å². The van der Waals surface area contributed by atoms with Crippen molar-refractivity contribution >= 4 is 36.4 Å². The Kier molecular flexibility index (Phi) is 8.17. The Hall–Kier alpha value is -1.75. The van der Waals surface area contributed by atoms with Crippen molar-refractivity contribution in [2.45, 2.75) is 50.7 Å². The number of nitrogens with one attached hydrogen (secondary N) is 1. The lowest BCUT2D eigenvalue weighted by Gasteiger charge is -2.30. The molecule has 4 rings (SSSR count). The first kappa shape index (κ1) is 22.5. The monoisotopic (exact) mass is 421 g/mol. The number of carbonyl (C=O) groups excluding carboxylic acids is 1. The smallest absolute Gasteiger partial charge is 0.237 e. The SMILES string of the molecule is Cl.Cl.Nc1ccc2c(c1)CCCC2NC(=O)C1CCCN1Cc1ccccc1. The van der Waals surface area contributed by atoms with Crippen LogP contribution in [0, 0.1) is 0 Å². The van der Waals surface area contributed by atoms with Gasteiger partial charge in [-0.2, -0.15) is 0 Å². The number of nitrogen functional groups attached to an aromatic ring is 1. The van der Waals surface area contributed by atoms with Crippen LogP contribution in [0.5, 0.6) is 0 Å². The number of anilines is 1. The van der Waals surface area contributed by atoms with Crippen molar-refractivity contribution in [2.75, 3.05) is 12.3 Å². The quantitative estimate of drug-likeness (QED) is 0.724. The van der Waals surface area contributed by atoms with Crippen LogP contribution in [0.1, 0.15) is 48.4 Å². The van der Waals surface area contributed by atoms with Gasteiger partial charge in [0.1, 0.15) is 0 Å². The molecule has 1 saturated heterocycles. The van der Waals surface area contributed by atoms with Crippen LogP contribution < -0.4 is 11.1 Å². The molecule has 0 saturated carbocycles. The molecule has 152 valence electrons. The van der Waals surface area contributed by atoms with Crippen molar-refractivity contribution in [1.82, 2.24) is 10.2 Å². The van der Waals surface area contributed by atoms with Crippen molar-refractivity contribution in [3.8, 4) is 0 Å². The highest BCUT2D eigenvalue weighted by atomic mass is 35.5. The molecule has 28 heavy (non-hydrogen) atoms. The standard InChI is InChI=1S/C22H27N3O.2ClH/c23-18-11-12-19-17(14-18)8-4-9-20(19)24-22(26)21-10-5-13-25(21)15-16-6-2-1-3-7-16;;/h1-3,6-7,11-12,14,20-21H,4-5,8-10,13,15,23H2,(H,24,26);2*1H. The Labute approximate surface area is 179 Å². The van der Waals surface area contributed by atoms with Crippen LogP contribution in [0.15, 0.2) is 48.5 Å². The summed E-state index contributed by atoms with van der Waals surface area (Å²) in [6, 6.07) is 16.6. The van der Waals surface area contributed by atoms with E-state index in [1.807, 2.05) is 12.1 Å². The predicted octanol–water partition coefficient (Wildman–Crippen LogP) is 4.27. The van der Waals surface area contributed by atoms with Gasteiger partial charge in [0.05, 0.1) is 12.1 Å². The lowest BCUT2D eigenvalue weighted by Crippen LogP contribution is -2.44. The van der Waals surface area contributed by atoms with Crippen molar-refractivity contribution < 1.29 is 4.79 Å². The molecule has 1 amide bonds. The molecule has 1 aliphatic carbocycles. The number of rotatable bonds is 4. The number of likely N-dealkylation sites (tertiary alicyclic amines) is 1. The maximum Gasteiger partial charge on any atom is 0.237 e. The summed E-state index contributed by atoms with van der Waals surface area (Å²) in [5.41, 5.74) is 10.5. The summed E-state index contributed by atoms with van der Waals surface area (Å²) >= 11 is 0. The molecule has 1 fully saturated rings. The van der Waals surface area contributed by atoms with E-state index in [1.165, 1.54) is 16.7 Å². The third kappa shape index (κ3) is 4.99. The zero-order valence-corrected chi connectivity index (χ0v) is 17.6. The molecule has 2 aliphatic rings. The minimum atomic E-state index is -0.0191. The minimum Gasteiger partial charge on any atom is -0.399 e. The summed E-state index contributed by atoms with van der Waals surface area (Å²) in [4.78, 5) is 15.3. The molecule has 0 spiro atoms. The minimum absolute atomic E-state index is 0. The molecule has 0 radical (unpaired) electrons. The molecular weight excluding hydrogens is 393 g/mol. The van der Waals surface area contributed by atoms with Crippen molar-refractivity contribution in [3.05, 3.63) is 65.2 Å². The first-order valence-corrected chi connectivity index (χ1v) is 9.67. The molecule has 2 atom stereocenters. The molecule has 2 aromatic carbocycles. The number of nitrogens with two attached hydrogens (primary N) is 1. The summed E-state index contributed by atoms with van der Waals surface area (Å²) in [5, 5.41) is 3.33. The van der Waals surface area contributed by atoms with Crippen molar-refractivity contribution in [2.24, 2.45) is 0 Å². The van der Waals surface area contributed by atoms with E-state index >= 15 is 0 Å². The molecule has 0 aromatic heterocycles. The van der Waals surface area contributed by atoms with Crippen LogP contribution in [0.25, 0.3) is 0 Å². The molecule has 1 aliphatic heterocycles. The molecule has 1 heterocycles. The van der Waals surface area contributed by atoms with Crippen LogP contribution >= 0.6 is 24.8 Å². The maximum atomic E-state index is 13.0. The highest BCUT2D eigenvalue weighted by molar-refractivity contribution is 5.85. The average molecular weight is 422 g/mol. The van der Waals surface area contributed by atoms with Crippen LogP contribution in [-0.4, -0.2) is 23.4 Å². The summed E-state index contributed by atoms with van der Waals surface area (Å²) in [6.45, 7) is 1.83. The van der Waals surface area contributed by atoms with Gasteiger partial charge in [-0.05, 0) is 67.5 Å². The maximum absolute atomic E-state index is 13.0. The van der Waals surface area contributed by atoms with Crippen LogP contribution in [0.2, 0.25) is 0 Å². The predicted molar refractivity (Wildman–Crippen MR) is 119 cm³/mol. The van der Waals surface area contributed by atoms with E-state index in [4.69, 9.17) is 5.73 Å². The number of nitrogens with zero attached hydrogens (tertiary/aromatic N) is 1. The van der Waals surface area contributed by atoms with E-state index < -0.39 is 0 Å². The topological polar surface area (TPSA) is 58.4 Å². The molecule has 2 aromatic rings. The Morgan fingerprint density at radius 3 is 2.64 bits per heavy atom. The molecule has 3 N–H and O–H groups in total. The Bertz CT molecular complexity index is 785. The van der Waals surface area contributed by atoms with Gasteiger partial charge in [-0.25, -0.2) is 0 Å². The van der Waals surface area contributed by atoms with Gasteiger partial charge >= 0.3 is 0 Å². The highest BCUT2D eigenvalue weighted by Gasteiger charge is 2.32. The molecule has 6 heteroatoms. The number of halogens is 2. The fraction of sp³-hybridized carbons (Fsp3) is 0.409. The molecule has 2 unspecified atom stereocenters. The number of hydrogen-bond acceptors (Lipinski definition) is 3. The second kappa shape index (κ2) is 10.1. The summed E-state index contributed by atoms with van der Waals surface area (Å²) in [6.07, 6.45) is 5.19. The Morgan fingerprint density at radius 1 is 1.07 bits per heavy atom. The average Bonchev–Trinajstić information content (AvgIpc) is 3.11. The van der Waals surface area contributed by atoms with E-state index in [-0.39, 0.29) is 42.8 Å². The van der Waals surface area contributed by atoms with E-state index in [9.17, 15) is 4.79 Å². The number of benzene rings is 2. The first-order valence-electron chi connectivity index (χ1n) is 9.67.